The molecule has 2 nitrogen and oxygen atoms in total. The summed E-state index contributed by atoms with van der Waals surface area (Å²) >= 11 is 0. The number of rotatable bonds is 3. The third-order valence-electron chi connectivity index (χ3n) is 5.25. The maximum Gasteiger partial charge on any atom is 0.115 e. The van der Waals surface area contributed by atoms with Crippen LogP contribution in [0.2, 0.25) is 0 Å². The number of piperidine rings is 1. The van der Waals surface area contributed by atoms with Gasteiger partial charge in [0.2, 0.25) is 0 Å². The van der Waals surface area contributed by atoms with Crippen molar-refractivity contribution >= 4 is 12.4 Å². The van der Waals surface area contributed by atoms with E-state index in [2.05, 4.69) is 45.6 Å². The van der Waals surface area contributed by atoms with Crippen molar-refractivity contribution in [3.05, 3.63) is 29.8 Å². The van der Waals surface area contributed by atoms with Crippen molar-refractivity contribution in [3.63, 3.8) is 0 Å². The molecule has 1 N–H and O–H groups in total. The quantitative estimate of drug-likeness (QED) is 0.858. The summed E-state index contributed by atoms with van der Waals surface area (Å²) in [4.78, 5) is 2.61. The van der Waals surface area contributed by atoms with Crippen molar-refractivity contribution in [3.8, 4) is 5.75 Å². The molecule has 0 radical (unpaired) electrons. The summed E-state index contributed by atoms with van der Waals surface area (Å²) in [6.07, 6.45) is 2.42. The van der Waals surface area contributed by atoms with Crippen LogP contribution >= 0.6 is 12.4 Å². The Morgan fingerprint density at radius 1 is 1.32 bits per heavy atom. The van der Waals surface area contributed by atoms with Gasteiger partial charge in [0.25, 0.3) is 0 Å². The largest absolute Gasteiger partial charge is 0.508 e. The van der Waals surface area contributed by atoms with E-state index in [1.165, 1.54) is 24.9 Å². The Bertz CT molecular complexity index is 483. The van der Waals surface area contributed by atoms with Gasteiger partial charge in [0, 0.05) is 6.54 Å². The molecule has 1 saturated heterocycles. The summed E-state index contributed by atoms with van der Waals surface area (Å²) in [6.45, 7) is 15.2. The Balaban J connectivity index is 0.00000242. The van der Waals surface area contributed by atoms with Gasteiger partial charge in [-0.05, 0) is 60.4 Å². The summed E-state index contributed by atoms with van der Waals surface area (Å²) in [6, 6.07) is 7.84. The lowest BCUT2D eigenvalue weighted by atomic mass is 9.68. The van der Waals surface area contributed by atoms with Crippen molar-refractivity contribution in [2.24, 2.45) is 11.3 Å². The first-order chi connectivity index (χ1) is 9.71. The molecule has 2 rings (SSSR count). The summed E-state index contributed by atoms with van der Waals surface area (Å²) in [5, 5.41) is 9.76. The van der Waals surface area contributed by atoms with Crippen LogP contribution in [0.25, 0.3) is 0 Å². The minimum Gasteiger partial charge on any atom is -0.508 e. The Labute approximate surface area is 142 Å². The summed E-state index contributed by atoms with van der Waals surface area (Å²) in [5.41, 5.74) is 1.87. The maximum atomic E-state index is 9.76. The van der Waals surface area contributed by atoms with E-state index >= 15 is 0 Å². The molecule has 0 aliphatic carbocycles. The predicted octanol–water partition coefficient (Wildman–Crippen LogP) is 4.85. The molecule has 0 bridgehead atoms. The van der Waals surface area contributed by atoms with E-state index in [-0.39, 0.29) is 17.8 Å². The molecule has 1 aromatic carbocycles. The number of hydrogen-bond donors (Lipinski definition) is 1. The van der Waals surface area contributed by atoms with E-state index in [0.717, 1.165) is 13.1 Å². The third-order valence-corrected chi connectivity index (χ3v) is 5.25. The highest BCUT2D eigenvalue weighted by molar-refractivity contribution is 5.85. The zero-order valence-corrected chi connectivity index (χ0v) is 15.5. The second kappa shape index (κ2) is 7.23. The summed E-state index contributed by atoms with van der Waals surface area (Å²) in [5.74, 6) is 0.990. The zero-order valence-electron chi connectivity index (χ0n) is 14.7. The second-order valence-corrected chi connectivity index (χ2v) is 8.23. The van der Waals surface area contributed by atoms with E-state index in [0.29, 0.717) is 17.1 Å². The summed E-state index contributed by atoms with van der Waals surface area (Å²) < 4.78 is 0. The first kappa shape index (κ1) is 19.3. The van der Waals surface area contributed by atoms with Gasteiger partial charge in [0.05, 0.1) is 0 Å². The number of benzene rings is 1. The number of nitrogens with zero attached hydrogens (tertiary/aromatic N) is 1. The maximum absolute atomic E-state index is 9.76. The average Bonchev–Trinajstić information content (AvgIpc) is 2.39. The number of likely N-dealkylation sites (tertiary alicyclic amines) is 1. The van der Waals surface area contributed by atoms with Crippen molar-refractivity contribution < 1.29 is 5.11 Å². The molecule has 126 valence electrons. The molecule has 0 amide bonds. The van der Waals surface area contributed by atoms with Crippen molar-refractivity contribution in [2.75, 3.05) is 19.6 Å². The fraction of sp³-hybridized carbons (Fsp3) is 0.684. The lowest BCUT2D eigenvalue weighted by Crippen LogP contribution is -2.47. The van der Waals surface area contributed by atoms with E-state index in [1.807, 2.05) is 12.1 Å². The lowest BCUT2D eigenvalue weighted by molar-refractivity contribution is 0.100. The number of phenols is 1. The molecular formula is C19H32ClNO. The topological polar surface area (TPSA) is 23.5 Å². The van der Waals surface area contributed by atoms with Crippen molar-refractivity contribution in [1.29, 1.82) is 0 Å². The molecule has 0 spiro atoms. The van der Waals surface area contributed by atoms with E-state index in [9.17, 15) is 5.11 Å². The normalized spacial score (nSPS) is 26.5. The smallest absolute Gasteiger partial charge is 0.115 e. The molecule has 1 aliphatic rings. The van der Waals surface area contributed by atoms with Gasteiger partial charge in [-0.25, -0.2) is 0 Å². The number of halogens is 1. The molecule has 3 heteroatoms. The van der Waals surface area contributed by atoms with E-state index in [4.69, 9.17) is 0 Å². The van der Waals surface area contributed by atoms with Gasteiger partial charge in [0.15, 0.2) is 0 Å². The average molecular weight is 326 g/mol. The van der Waals surface area contributed by atoms with Crippen LogP contribution in [0.3, 0.4) is 0 Å². The SMILES string of the molecule is CC1CN(CCC(C)(C)C)CCC1(C)c1cccc(O)c1.Cl. The number of aromatic hydroxyl groups is 1. The molecule has 2 unspecified atom stereocenters. The Kier molecular flexibility index (Phi) is 6.35. The zero-order chi connectivity index (χ0) is 15.7. The minimum absolute atomic E-state index is 0. The first-order valence-corrected chi connectivity index (χ1v) is 8.23. The number of phenolic OH excluding ortho intramolecular Hbond substituents is 1. The molecule has 1 heterocycles. The molecule has 1 aromatic rings. The summed E-state index contributed by atoms with van der Waals surface area (Å²) in [7, 11) is 0. The highest BCUT2D eigenvalue weighted by Gasteiger charge is 2.38. The van der Waals surface area contributed by atoms with Gasteiger partial charge < -0.3 is 10.0 Å². The Morgan fingerprint density at radius 3 is 2.55 bits per heavy atom. The number of hydrogen-bond acceptors (Lipinski definition) is 2. The van der Waals surface area contributed by atoms with Crippen LogP contribution in [0, 0.1) is 11.3 Å². The van der Waals surface area contributed by atoms with Gasteiger partial charge in [0.1, 0.15) is 5.75 Å². The highest BCUT2D eigenvalue weighted by Crippen LogP contribution is 2.40. The van der Waals surface area contributed by atoms with Crippen molar-refractivity contribution in [1.82, 2.24) is 4.90 Å². The van der Waals surface area contributed by atoms with Crippen molar-refractivity contribution in [2.45, 2.75) is 52.9 Å². The van der Waals surface area contributed by atoms with Crippen LogP contribution in [0.4, 0.5) is 0 Å². The van der Waals surface area contributed by atoms with Crippen LogP contribution in [0.5, 0.6) is 5.75 Å². The Morgan fingerprint density at radius 2 is 2.00 bits per heavy atom. The molecule has 0 saturated carbocycles. The monoisotopic (exact) mass is 325 g/mol. The molecular weight excluding hydrogens is 294 g/mol. The fourth-order valence-corrected chi connectivity index (χ4v) is 3.30. The van der Waals surface area contributed by atoms with Crippen LogP contribution < -0.4 is 0 Å². The van der Waals surface area contributed by atoms with Crippen LogP contribution in [0.15, 0.2) is 24.3 Å². The van der Waals surface area contributed by atoms with Crippen LogP contribution in [-0.2, 0) is 5.41 Å². The van der Waals surface area contributed by atoms with Gasteiger partial charge in [-0.3, -0.25) is 0 Å². The van der Waals surface area contributed by atoms with Gasteiger partial charge in [-0.1, -0.05) is 46.8 Å². The van der Waals surface area contributed by atoms with E-state index in [1.54, 1.807) is 6.07 Å². The first-order valence-electron chi connectivity index (χ1n) is 8.23. The second-order valence-electron chi connectivity index (χ2n) is 8.23. The lowest BCUT2D eigenvalue weighted by Gasteiger charge is -2.45. The van der Waals surface area contributed by atoms with Gasteiger partial charge in [-0.2, -0.15) is 0 Å². The van der Waals surface area contributed by atoms with Crippen LogP contribution in [-0.4, -0.2) is 29.6 Å². The van der Waals surface area contributed by atoms with Gasteiger partial charge >= 0.3 is 0 Å². The molecule has 1 aliphatic heterocycles. The third kappa shape index (κ3) is 4.63. The molecule has 1 fully saturated rings. The molecule has 0 aromatic heterocycles. The molecule has 22 heavy (non-hydrogen) atoms. The highest BCUT2D eigenvalue weighted by atomic mass is 35.5. The molecule has 2 atom stereocenters. The van der Waals surface area contributed by atoms with Gasteiger partial charge in [-0.15, -0.1) is 12.4 Å². The Hall–Kier alpha value is -0.730. The standard InChI is InChI=1S/C19H31NO.ClH/c1-15-14-20(11-9-18(2,3)4)12-10-19(15,5)16-7-6-8-17(21)13-16;/h6-8,13,15,21H,9-12,14H2,1-5H3;1H. The van der Waals surface area contributed by atoms with E-state index < -0.39 is 0 Å². The fourth-order valence-electron chi connectivity index (χ4n) is 3.30. The minimum atomic E-state index is 0. The van der Waals surface area contributed by atoms with Crippen LogP contribution in [0.1, 0.15) is 53.0 Å². The predicted molar refractivity (Wildman–Crippen MR) is 97.0 cm³/mol.